The second kappa shape index (κ2) is 6.85. The van der Waals surface area contributed by atoms with E-state index in [4.69, 9.17) is 16.9 Å². The Morgan fingerprint density at radius 2 is 2.10 bits per heavy atom. The fraction of sp³-hybridized carbons (Fsp3) is 0.500. The highest BCUT2D eigenvalue weighted by molar-refractivity contribution is 6.31. The van der Waals surface area contributed by atoms with Crippen LogP contribution in [0, 0.1) is 21.4 Å². The maximum Gasteiger partial charge on any atom is 0.270 e. The van der Waals surface area contributed by atoms with Gasteiger partial charge in [0.1, 0.15) is 0 Å². The van der Waals surface area contributed by atoms with Crippen molar-refractivity contribution in [1.82, 2.24) is 9.80 Å². The number of non-ortho nitro benzene ring substituents is 1. The van der Waals surface area contributed by atoms with Gasteiger partial charge in [0.05, 0.1) is 22.1 Å². The summed E-state index contributed by atoms with van der Waals surface area (Å²) in [5.41, 5.74) is 0.903. The highest BCUT2D eigenvalue weighted by Gasteiger charge is 2.21. The van der Waals surface area contributed by atoms with Gasteiger partial charge in [-0.15, -0.1) is 0 Å². The number of nitro benzene ring substituents is 1. The lowest BCUT2D eigenvalue weighted by Crippen LogP contribution is -2.48. The predicted molar refractivity (Wildman–Crippen MR) is 80.0 cm³/mol. The molecule has 1 aliphatic heterocycles. The molecule has 0 bridgehead atoms. The number of halogens is 1. The Balaban J connectivity index is 1.95. The molecule has 1 aromatic carbocycles. The number of nitrogens with zero attached hydrogens (tertiary/aromatic N) is 4. The van der Waals surface area contributed by atoms with Gasteiger partial charge in [0, 0.05) is 44.9 Å². The predicted octanol–water partition coefficient (Wildman–Crippen LogP) is 2.28. The van der Waals surface area contributed by atoms with Crippen LogP contribution in [0.2, 0.25) is 5.02 Å². The Morgan fingerprint density at radius 1 is 1.43 bits per heavy atom. The second-order valence-electron chi connectivity index (χ2n) is 5.15. The van der Waals surface area contributed by atoms with E-state index in [2.05, 4.69) is 15.9 Å². The fourth-order valence-electron chi connectivity index (χ4n) is 2.41. The van der Waals surface area contributed by atoms with Gasteiger partial charge in [0.25, 0.3) is 5.69 Å². The number of nitriles is 1. The minimum absolute atomic E-state index is 0.0106. The Labute approximate surface area is 128 Å². The topological polar surface area (TPSA) is 73.4 Å². The molecular formula is C14H17ClN4O2. The van der Waals surface area contributed by atoms with Crippen molar-refractivity contribution in [3.8, 4) is 6.07 Å². The van der Waals surface area contributed by atoms with E-state index in [1.165, 1.54) is 12.1 Å². The summed E-state index contributed by atoms with van der Waals surface area (Å²) in [5.74, 6) is 0. The lowest BCUT2D eigenvalue weighted by molar-refractivity contribution is -0.384. The van der Waals surface area contributed by atoms with Gasteiger partial charge in [-0.25, -0.2) is 0 Å². The van der Waals surface area contributed by atoms with Crippen LogP contribution >= 0.6 is 11.6 Å². The summed E-state index contributed by atoms with van der Waals surface area (Å²) in [6.07, 6.45) is 0. The van der Waals surface area contributed by atoms with E-state index >= 15 is 0 Å². The monoisotopic (exact) mass is 308 g/mol. The zero-order valence-electron chi connectivity index (χ0n) is 11.8. The van der Waals surface area contributed by atoms with Crippen LogP contribution in [0.25, 0.3) is 0 Å². The van der Waals surface area contributed by atoms with Gasteiger partial charge in [0.15, 0.2) is 0 Å². The molecule has 1 unspecified atom stereocenters. The number of benzene rings is 1. The van der Waals surface area contributed by atoms with Crippen molar-refractivity contribution in [2.24, 2.45) is 0 Å². The standard InChI is InChI=1S/C14H17ClN4O2/c1-11(9-16)18-6-4-17(5-7-18)10-12-2-3-13(19(20)21)8-14(12)15/h2-3,8,11H,4-7,10H2,1H3. The zero-order valence-corrected chi connectivity index (χ0v) is 12.6. The first-order chi connectivity index (χ1) is 10.0. The van der Waals surface area contributed by atoms with Crippen LogP contribution < -0.4 is 0 Å². The van der Waals surface area contributed by atoms with E-state index in [-0.39, 0.29) is 11.7 Å². The maximum atomic E-state index is 10.7. The summed E-state index contributed by atoms with van der Waals surface area (Å²) in [7, 11) is 0. The molecule has 1 heterocycles. The van der Waals surface area contributed by atoms with Crippen LogP contribution in [0.15, 0.2) is 18.2 Å². The minimum atomic E-state index is -0.447. The maximum absolute atomic E-state index is 10.7. The molecule has 0 amide bonds. The summed E-state index contributed by atoms with van der Waals surface area (Å²) >= 11 is 6.11. The molecule has 2 rings (SSSR count). The van der Waals surface area contributed by atoms with Crippen molar-refractivity contribution in [2.75, 3.05) is 26.2 Å². The normalized spacial score (nSPS) is 18.1. The molecule has 112 valence electrons. The average molecular weight is 309 g/mol. The molecule has 0 aromatic heterocycles. The Hall–Kier alpha value is -1.68. The smallest absolute Gasteiger partial charge is 0.270 e. The zero-order chi connectivity index (χ0) is 15.4. The molecule has 7 heteroatoms. The molecular weight excluding hydrogens is 292 g/mol. The first-order valence-electron chi connectivity index (χ1n) is 6.80. The molecule has 0 radical (unpaired) electrons. The number of hydrogen-bond donors (Lipinski definition) is 0. The van der Waals surface area contributed by atoms with Crippen molar-refractivity contribution in [1.29, 1.82) is 5.26 Å². The lowest BCUT2D eigenvalue weighted by atomic mass is 10.1. The van der Waals surface area contributed by atoms with Gasteiger partial charge < -0.3 is 0 Å². The molecule has 0 saturated carbocycles. The first-order valence-corrected chi connectivity index (χ1v) is 7.18. The van der Waals surface area contributed by atoms with E-state index in [0.29, 0.717) is 11.6 Å². The van der Waals surface area contributed by atoms with E-state index in [1.54, 1.807) is 6.07 Å². The summed E-state index contributed by atoms with van der Waals surface area (Å²) in [5, 5.41) is 20.0. The van der Waals surface area contributed by atoms with Gasteiger partial charge in [-0.2, -0.15) is 5.26 Å². The summed E-state index contributed by atoms with van der Waals surface area (Å²) in [6.45, 7) is 5.99. The highest BCUT2D eigenvalue weighted by Crippen LogP contribution is 2.24. The second-order valence-corrected chi connectivity index (χ2v) is 5.56. The van der Waals surface area contributed by atoms with Gasteiger partial charge in [-0.05, 0) is 18.6 Å². The van der Waals surface area contributed by atoms with Crippen LogP contribution in [0.3, 0.4) is 0 Å². The molecule has 0 spiro atoms. The number of piperazine rings is 1. The summed E-state index contributed by atoms with van der Waals surface area (Å²) in [6, 6.07) is 6.78. The molecule has 21 heavy (non-hydrogen) atoms. The summed E-state index contributed by atoms with van der Waals surface area (Å²) in [4.78, 5) is 14.6. The van der Waals surface area contributed by atoms with Crippen molar-refractivity contribution in [3.05, 3.63) is 38.9 Å². The molecule has 1 saturated heterocycles. The number of hydrogen-bond acceptors (Lipinski definition) is 5. The van der Waals surface area contributed by atoms with Gasteiger partial charge in [-0.1, -0.05) is 11.6 Å². The number of rotatable bonds is 4. The average Bonchev–Trinajstić information content (AvgIpc) is 2.49. The fourth-order valence-corrected chi connectivity index (χ4v) is 2.64. The molecule has 0 N–H and O–H groups in total. The molecule has 0 aliphatic carbocycles. The van der Waals surface area contributed by atoms with E-state index in [0.717, 1.165) is 31.7 Å². The molecule has 6 nitrogen and oxygen atoms in total. The van der Waals surface area contributed by atoms with Gasteiger partial charge in [0.2, 0.25) is 0 Å². The van der Waals surface area contributed by atoms with Crippen molar-refractivity contribution in [3.63, 3.8) is 0 Å². The van der Waals surface area contributed by atoms with Gasteiger partial charge in [-0.3, -0.25) is 19.9 Å². The van der Waals surface area contributed by atoms with Crippen LogP contribution in [-0.4, -0.2) is 46.9 Å². The number of nitro groups is 1. The Morgan fingerprint density at radius 3 is 2.62 bits per heavy atom. The third kappa shape index (κ3) is 3.91. The third-order valence-electron chi connectivity index (χ3n) is 3.78. The van der Waals surface area contributed by atoms with E-state index in [1.807, 2.05) is 6.92 Å². The SMILES string of the molecule is CC(C#N)N1CCN(Cc2ccc([N+](=O)[O-])cc2Cl)CC1. The third-order valence-corrected chi connectivity index (χ3v) is 4.13. The van der Waals surface area contributed by atoms with E-state index < -0.39 is 4.92 Å². The largest absolute Gasteiger partial charge is 0.296 e. The van der Waals surface area contributed by atoms with Crippen molar-refractivity contribution >= 4 is 17.3 Å². The summed E-state index contributed by atoms with van der Waals surface area (Å²) < 4.78 is 0. The van der Waals surface area contributed by atoms with Crippen LogP contribution in [0.5, 0.6) is 0 Å². The highest BCUT2D eigenvalue weighted by atomic mass is 35.5. The minimum Gasteiger partial charge on any atom is -0.296 e. The van der Waals surface area contributed by atoms with Crippen molar-refractivity contribution in [2.45, 2.75) is 19.5 Å². The molecule has 1 aromatic rings. The van der Waals surface area contributed by atoms with Crippen molar-refractivity contribution < 1.29 is 4.92 Å². The lowest BCUT2D eigenvalue weighted by Gasteiger charge is -2.35. The molecule has 1 aliphatic rings. The van der Waals surface area contributed by atoms with E-state index in [9.17, 15) is 10.1 Å². The Bertz CT molecular complexity index is 565. The van der Waals surface area contributed by atoms with Gasteiger partial charge >= 0.3 is 0 Å². The van der Waals surface area contributed by atoms with Crippen LogP contribution in [0.4, 0.5) is 5.69 Å². The first kappa shape index (κ1) is 15.7. The molecule has 1 fully saturated rings. The quantitative estimate of drug-likeness (QED) is 0.630. The molecule has 1 atom stereocenters. The van der Waals surface area contributed by atoms with Crippen LogP contribution in [-0.2, 0) is 6.54 Å². The van der Waals surface area contributed by atoms with Crippen LogP contribution in [0.1, 0.15) is 12.5 Å². The Kier molecular flexibility index (Phi) is 5.12.